The van der Waals surface area contributed by atoms with Crippen molar-refractivity contribution in [2.24, 2.45) is 0 Å². The Bertz CT molecular complexity index is 564. The third kappa shape index (κ3) is 3.63. The smallest absolute Gasteiger partial charge is 0.219 e. The van der Waals surface area contributed by atoms with Gasteiger partial charge < -0.3 is 14.0 Å². The quantitative estimate of drug-likeness (QED) is 0.824. The number of hydrogen-bond donors (Lipinski definition) is 1. The second-order valence-electron chi connectivity index (χ2n) is 5.42. The minimum atomic E-state index is -3.50. The van der Waals surface area contributed by atoms with Crippen LogP contribution in [0.25, 0.3) is 0 Å². The normalized spacial score (nSPS) is 24.4. The van der Waals surface area contributed by atoms with Crippen LogP contribution in [0, 0.1) is 13.8 Å². The van der Waals surface area contributed by atoms with Crippen molar-refractivity contribution in [3.63, 3.8) is 0 Å². The third-order valence-electron chi connectivity index (χ3n) is 3.74. The lowest BCUT2D eigenvalue weighted by Gasteiger charge is -2.20. The van der Waals surface area contributed by atoms with E-state index in [4.69, 9.17) is 14.0 Å². The molecule has 0 aliphatic carbocycles. The molecule has 1 aliphatic heterocycles. The van der Waals surface area contributed by atoms with Gasteiger partial charge in [0, 0.05) is 18.7 Å². The summed E-state index contributed by atoms with van der Waals surface area (Å²) in [6.07, 6.45) is 0.111. The molecule has 1 aliphatic rings. The van der Waals surface area contributed by atoms with E-state index in [2.05, 4.69) is 9.88 Å². The first-order valence-electron chi connectivity index (χ1n) is 6.88. The summed E-state index contributed by atoms with van der Waals surface area (Å²) in [5, 5.41) is 3.20. The van der Waals surface area contributed by atoms with Gasteiger partial charge in [-0.25, -0.2) is 13.1 Å². The maximum absolute atomic E-state index is 12.4. The highest BCUT2D eigenvalue weighted by Gasteiger charge is 2.39. The molecule has 3 atom stereocenters. The van der Waals surface area contributed by atoms with E-state index in [0.29, 0.717) is 13.0 Å². The molecule has 1 aromatic heterocycles. The minimum absolute atomic E-state index is 0.159. The van der Waals surface area contributed by atoms with Crippen molar-refractivity contribution >= 4 is 10.0 Å². The highest BCUT2D eigenvalue weighted by Crippen LogP contribution is 2.19. The van der Waals surface area contributed by atoms with Crippen molar-refractivity contribution < 1.29 is 22.4 Å². The Hall–Kier alpha value is -0.960. The zero-order valence-corrected chi connectivity index (χ0v) is 13.6. The monoisotopic (exact) mass is 318 g/mol. The predicted molar refractivity (Wildman–Crippen MR) is 76.6 cm³/mol. The van der Waals surface area contributed by atoms with Crippen molar-refractivity contribution in [1.29, 1.82) is 0 Å². The Morgan fingerprint density at radius 2 is 2.14 bits per heavy atom. The molecule has 0 aromatic carbocycles. The van der Waals surface area contributed by atoms with E-state index in [1.54, 1.807) is 0 Å². The van der Waals surface area contributed by atoms with Crippen LogP contribution in [-0.2, 0) is 25.9 Å². The Balaban J connectivity index is 2.03. The van der Waals surface area contributed by atoms with E-state index in [1.807, 2.05) is 20.8 Å². The number of aryl methyl sites for hydroxylation is 2. The van der Waals surface area contributed by atoms with Crippen molar-refractivity contribution in [2.75, 3.05) is 20.3 Å². The van der Waals surface area contributed by atoms with Crippen LogP contribution >= 0.6 is 0 Å². The Labute approximate surface area is 125 Å². The van der Waals surface area contributed by atoms with Crippen LogP contribution in [0.5, 0.6) is 0 Å². The molecule has 1 N–H and O–H groups in total. The van der Waals surface area contributed by atoms with Gasteiger partial charge in [0.15, 0.2) is 0 Å². The van der Waals surface area contributed by atoms with Gasteiger partial charge in [0.05, 0.1) is 18.9 Å². The lowest BCUT2D eigenvalue weighted by atomic mass is 10.1. The average Bonchev–Trinajstić information content (AvgIpc) is 3.00. The number of methoxy groups -OCH3 is 1. The van der Waals surface area contributed by atoms with Gasteiger partial charge in [-0.1, -0.05) is 5.16 Å². The van der Waals surface area contributed by atoms with Crippen molar-refractivity contribution in [2.45, 2.75) is 44.6 Å². The highest BCUT2D eigenvalue weighted by molar-refractivity contribution is 7.90. The summed E-state index contributed by atoms with van der Waals surface area (Å²) >= 11 is 0. The summed E-state index contributed by atoms with van der Waals surface area (Å²) in [4.78, 5) is 0. The molecule has 8 heteroatoms. The Morgan fingerprint density at radius 3 is 2.71 bits per heavy atom. The zero-order chi connectivity index (χ0) is 15.6. The van der Waals surface area contributed by atoms with Crippen LogP contribution < -0.4 is 4.72 Å². The Morgan fingerprint density at radius 1 is 1.43 bits per heavy atom. The molecule has 0 spiro atoms. The summed E-state index contributed by atoms with van der Waals surface area (Å²) in [5.74, 6) is 0.720. The fourth-order valence-corrected chi connectivity index (χ4v) is 4.22. The van der Waals surface area contributed by atoms with Gasteiger partial charge in [-0.2, -0.15) is 0 Å². The molecule has 2 heterocycles. The van der Waals surface area contributed by atoms with Crippen molar-refractivity contribution in [3.8, 4) is 0 Å². The van der Waals surface area contributed by atoms with Crippen LogP contribution in [0.3, 0.4) is 0 Å². The summed E-state index contributed by atoms with van der Waals surface area (Å²) in [6.45, 7) is 5.95. The molecule has 7 nitrogen and oxygen atoms in total. The molecule has 2 rings (SSSR count). The summed E-state index contributed by atoms with van der Waals surface area (Å²) < 4.78 is 43.0. The number of sulfonamides is 1. The number of ether oxygens (including phenoxy) is 2. The van der Waals surface area contributed by atoms with Crippen LogP contribution in [0.4, 0.5) is 0 Å². The van der Waals surface area contributed by atoms with Gasteiger partial charge >= 0.3 is 0 Å². The van der Waals surface area contributed by atoms with Gasteiger partial charge in [0.2, 0.25) is 10.0 Å². The van der Waals surface area contributed by atoms with Crippen LogP contribution in [-0.4, -0.2) is 51.3 Å². The van der Waals surface area contributed by atoms with Gasteiger partial charge in [-0.3, -0.25) is 0 Å². The van der Waals surface area contributed by atoms with Crippen molar-refractivity contribution in [1.82, 2.24) is 9.88 Å². The van der Waals surface area contributed by atoms with E-state index in [-0.39, 0.29) is 12.6 Å². The van der Waals surface area contributed by atoms with Crippen LogP contribution in [0.1, 0.15) is 23.9 Å². The molecule has 0 saturated carbocycles. The third-order valence-corrected chi connectivity index (χ3v) is 5.70. The van der Waals surface area contributed by atoms with E-state index < -0.39 is 21.4 Å². The Kier molecular flexibility index (Phi) is 5.03. The SMILES string of the molecule is CO[C@H]1COC[C@H]1S(=O)(=O)NC(C)Cc1c(C)noc1C. The molecule has 1 aromatic rings. The van der Waals surface area contributed by atoms with E-state index >= 15 is 0 Å². The van der Waals surface area contributed by atoms with Gasteiger partial charge in [0.25, 0.3) is 0 Å². The van der Waals surface area contributed by atoms with Gasteiger partial charge in [0.1, 0.15) is 17.1 Å². The van der Waals surface area contributed by atoms with Crippen LogP contribution in [0.2, 0.25) is 0 Å². The van der Waals surface area contributed by atoms with Gasteiger partial charge in [-0.15, -0.1) is 0 Å². The molecule has 0 radical (unpaired) electrons. The second kappa shape index (κ2) is 6.43. The standard InChI is InChI=1S/C13H22N2O5S/c1-8(5-11-9(2)14-20-10(11)3)15-21(16,17)13-7-19-6-12(13)18-4/h8,12-13,15H,5-7H2,1-4H3/t8?,12-,13+/m0/s1. The maximum Gasteiger partial charge on any atom is 0.219 e. The molecule has 21 heavy (non-hydrogen) atoms. The molecule has 1 unspecified atom stereocenters. The van der Waals surface area contributed by atoms with E-state index in [1.165, 1.54) is 7.11 Å². The van der Waals surface area contributed by atoms with Crippen molar-refractivity contribution in [3.05, 3.63) is 17.0 Å². The summed E-state index contributed by atoms with van der Waals surface area (Å²) in [6, 6.07) is -0.259. The summed E-state index contributed by atoms with van der Waals surface area (Å²) in [5.41, 5.74) is 1.73. The number of aromatic nitrogens is 1. The fraction of sp³-hybridized carbons (Fsp3) is 0.769. The number of nitrogens with zero attached hydrogens (tertiary/aromatic N) is 1. The largest absolute Gasteiger partial charge is 0.378 e. The van der Waals surface area contributed by atoms with E-state index in [0.717, 1.165) is 17.0 Å². The molecule has 0 bridgehead atoms. The fourth-order valence-electron chi connectivity index (χ4n) is 2.53. The topological polar surface area (TPSA) is 90.7 Å². The predicted octanol–water partition coefficient (Wildman–Crippen LogP) is 0.556. The molecule has 120 valence electrons. The number of rotatable bonds is 6. The lowest BCUT2D eigenvalue weighted by Crippen LogP contribution is -2.45. The van der Waals surface area contributed by atoms with Crippen LogP contribution in [0.15, 0.2) is 4.52 Å². The molecule has 0 amide bonds. The first-order chi connectivity index (χ1) is 9.85. The first kappa shape index (κ1) is 16.4. The highest BCUT2D eigenvalue weighted by atomic mass is 32.2. The molecular weight excluding hydrogens is 296 g/mol. The number of hydrogen-bond acceptors (Lipinski definition) is 6. The zero-order valence-electron chi connectivity index (χ0n) is 12.8. The lowest BCUT2D eigenvalue weighted by molar-refractivity contribution is 0.0828. The molecule has 1 fully saturated rings. The number of nitrogens with one attached hydrogen (secondary N) is 1. The summed E-state index contributed by atoms with van der Waals surface area (Å²) in [7, 11) is -2.01. The molecular formula is C13H22N2O5S. The van der Waals surface area contributed by atoms with E-state index in [9.17, 15) is 8.42 Å². The first-order valence-corrected chi connectivity index (χ1v) is 8.43. The maximum atomic E-state index is 12.4. The second-order valence-corrected chi connectivity index (χ2v) is 7.35. The molecule has 1 saturated heterocycles. The average molecular weight is 318 g/mol. The van der Waals surface area contributed by atoms with Gasteiger partial charge in [-0.05, 0) is 27.2 Å². The minimum Gasteiger partial charge on any atom is -0.378 e.